The molecule has 0 aromatic heterocycles. The smallest absolute Gasteiger partial charge is 0.280 e. The van der Waals surface area contributed by atoms with Crippen molar-refractivity contribution in [1.82, 2.24) is 0 Å². The summed E-state index contributed by atoms with van der Waals surface area (Å²) >= 11 is 0.912. The quantitative estimate of drug-likeness (QED) is 0.462. The van der Waals surface area contributed by atoms with Gasteiger partial charge in [0.1, 0.15) is 0 Å². The molecular formula is C18H11N3O7S. The summed E-state index contributed by atoms with van der Waals surface area (Å²) < 4.78 is 21.0. The molecule has 0 spiro atoms. The molecule has 0 saturated carbocycles. The van der Waals surface area contributed by atoms with Crippen molar-refractivity contribution in [2.75, 3.05) is 18.5 Å². The molecule has 0 unspecified atom stereocenters. The van der Waals surface area contributed by atoms with Crippen LogP contribution in [0.1, 0.15) is 5.56 Å². The van der Waals surface area contributed by atoms with Crippen LogP contribution in [0.4, 0.5) is 11.4 Å². The Hall–Kier alpha value is -3.73. The summed E-state index contributed by atoms with van der Waals surface area (Å²) in [6.07, 6.45) is 1.38. The van der Waals surface area contributed by atoms with Crippen molar-refractivity contribution in [2.24, 2.45) is 0 Å². The fraction of sp³-hybridized carbons (Fsp3) is 0.111. The number of amides is 1. The second kappa shape index (κ2) is 6.41. The zero-order chi connectivity index (χ0) is 20.1. The van der Waals surface area contributed by atoms with Gasteiger partial charge in [0.2, 0.25) is 13.6 Å². The average Bonchev–Trinajstić information content (AvgIpc) is 3.40. The summed E-state index contributed by atoms with van der Waals surface area (Å²) in [6, 6.07) is 7.63. The van der Waals surface area contributed by atoms with Crippen LogP contribution in [-0.2, 0) is 4.79 Å². The number of ether oxygens (including phenoxy) is 4. The number of thioether (sulfide) groups is 1. The molecule has 2 aromatic rings. The molecule has 0 atom stereocenters. The number of hydrogen-bond donors (Lipinski definition) is 1. The molecule has 3 aliphatic rings. The molecule has 29 heavy (non-hydrogen) atoms. The highest BCUT2D eigenvalue weighted by Gasteiger charge is 2.35. The zero-order valence-corrected chi connectivity index (χ0v) is 15.4. The lowest BCUT2D eigenvalue weighted by atomic mass is 10.1. The second-order valence-corrected chi connectivity index (χ2v) is 7.15. The van der Waals surface area contributed by atoms with E-state index in [1.54, 1.807) is 18.2 Å². The van der Waals surface area contributed by atoms with Crippen LogP contribution in [0.25, 0.3) is 6.08 Å². The van der Waals surface area contributed by atoms with Crippen LogP contribution in [0.15, 0.2) is 35.2 Å². The van der Waals surface area contributed by atoms with Crippen LogP contribution < -0.4 is 23.8 Å². The third-order valence-electron chi connectivity index (χ3n) is 4.44. The number of hydrogen-bond acceptors (Lipinski definition) is 9. The standard InChI is InChI=1S/C18H11N3O7S/c19-18-20(10-1-2-12-14(5-10)27-7-25-12)17(22)16(29-18)4-9-3-13-15(28-8-26-13)6-11(9)21(23)24/h1-6,19H,7-8H2. The summed E-state index contributed by atoms with van der Waals surface area (Å²) in [5.74, 6) is 1.22. The number of amidine groups is 1. The summed E-state index contributed by atoms with van der Waals surface area (Å²) in [6.45, 7) is 0.0700. The molecule has 1 amide bonds. The fourth-order valence-electron chi connectivity index (χ4n) is 3.11. The Labute approximate surface area is 167 Å². The number of nitro groups is 1. The maximum absolute atomic E-state index is 12.9. The third-order valence-corrected chi connectivity index (χ3v) is 5.33. The van der Waals surface area contributed by atoms with Gasteiger partial charge in [-0.05, 0) is 36.0 Å². The number of nitrogens with one attached hydrogen (secondary N) is 1. The monoisotopic (exact) mass is 413 g/mol. The number of nitrogens with zero attached hydrogens (tertiary/aromatic N) is 2. The minimum Gasteiger partial charge on any atom is -0.454 e. The first-order valence-electron chi connectivity index (χ1n) is 8.31. The van der Waals surface area contributed by atoms with E-state index in [-0.39, 0.29) is 40.7 Å². The largest absolute Gasteiger partial charge is 0.454 e. The molecule has 5 rings (SSSR count). The molecular weight excluding hydrogens is 402 g/mol. The fourth-order valence-corrected chi connectivity index (χ4v) is 3.96. The lowest BCUT2D eigenvalue weighted by Crippen LogP contribution is -2.28. The Balaban J connectivity index is 1.52. The van der Waals surface area contributed by atoms with Gasteiger partial charge < -0.3 is 18.9 Å². The van der Waals surface area contributed by atoms with E-state index in [1.165, 1.54) is 23.1 Å². The Morgan fingerprint density at radius 2 is 1.69 bits per heavy atom. The van der Waals surface area contributed by atoms with Gasteiger partial charge in [-0.3, -0.25) is 25.2 Å². The van der Waals surface area contributed by atoms with Crippen molar-refractivity contribution in [3.63, 3.8) is 0 Å². The lowest BCUT2D eigenvalue weighted by molar-refractivity contribution is -0.385. The number of carbonyl (C=O) groups excluding carboxylic acids is 1. The molecule has 0 bridgehead atoms. The predicted octanol–water partition coefficient (Wildman–Crippen LogP) is 3.11. The van der Waals surface area contributed by atoms with Gasteiger partial charge in [0, 0.05) is 6.07 Å². The number of anilines is 1. The average molecular weight is 413 g/mol. The molecule has 0 radical (unpaired) electrons. The van der Waals surface area contributed by atoms with Gasteiger partial charge in [-0.15, -0.1) is 0 Å². The first-order valence-corrected chi connectivity index (χ1v) is 9.13. The van der Waals surface area contributed by atoms with Crippen LogP contribution in [0, 0.1) is 15.5 Å². The predicted molar refractivity (Wildman–Crippen MR) is 103 cm³/mol. The molecule has 1 N–H and O–H groups in total. The number of nitro benzene ring substituents is 1. The van der Waals surface area contributed by atoms with Crippen LogP contribution in [-0.4, -0.2) is 29.6 Å². The first kappa shape index (κ1) is 17.4. The highest BCUT2D eigenvalue weighted by atomic mass is 32.2. The summed E-state index contributed by atoms with van der Waals surface area (Å²) in [7, 11) is 0. The summed E-state index contributed by atoms with van der Waals surface area (Å²) in [4.78, 5) is 25.2. The molecule has 2 aromatic carbocycles. The van der Waals surface area contributed by atoms with E-state index in [2.05, 4.69) is 0 Å². The van der Waals surface area contributed by atoms with Gasteiger partial charge in [0.05, 0.1) is 27.1 Å². The van der Waals surface area contributed by atoms with Crippen molar-refractivity contribution in [3.8, 4) is 23.0 Å². The van der Waals surface area contributed by atoms with Gasteiger partial charge in [-0.25, -0.2) is 0 Å². The van der Waals surface area contributed by atoms with Crippen LogP contribution in [0.5, 0.6) is 23.0 Å². The van der Waals surface area contributed by atoms with Gasteiger partial charge in [-0.1, -0.05) is 0 Å². The van der Waals surface area contributed by atoms with Crippen LogP contribution >= 0.6 is 11.8 Å². The third kappa shape index (κ3) is 2.83. The van der Waals surface area contributed by atoms with Crippen molar-refractivity contribution >= 4 is 40.3 Å². The maximum atomic E-state index is 12.9. The van der Waals surface area contributed by atoms with Crippen molar-refractivity contribution in [3.05, 3.63) is 50.9 Å². The van der Waals surface area contributed by atoms with E-state index < -0.39 is 10.8 Å². The molecule has 11 heteroatoms. The van der Waals surface area contributed by atoms with E-state index in [9.17, 15) is 14.9 Å². The van der Waals surface area contributed by atoms with E-state index in [4.69, 9.17) is 24.4 Å². The molecule has 10 nitrogen and oxygen atoms in total. The van der Waals surface area contributed by atoms with E-state index in [0.717, 1.165) is 11.8 Å². The maximum Gasteiger partial charge on any atom is 0.280 e. The molecule has 0 aliphatic carbocycles. The lowest BCUT2D eigenvalue weighted by Gasteiger charge is -2.14. The highest BCUT2D eigenvalue weighted by molar-refractivity contribution is 8.19. The van der Waals surface area contributed by atoms with E-state index in [1.807, 2.05) is 0 Å². The summed E-state index contributed by atoms with van der Waals surface area (Å²) in [5.41, 5.74) is 0.416. The van der Waals surface area contributed by atoms with E-state index in [0.29, 0.717) is 22.9 Å². The molecule has 146 valence electrons. The normalized spacial score (nSPS) is 18.1. The Morgan fingerprint density at radius 3 is 2.41 bits per heavy atom. The summed E-state index contributed by atoms with van der Waals surface area (Å²) in [5, 5.41) is 19.6. The van der Waals surface area contributed by atoms with E-state index >= 15 is 0 Å². The second-order valence-electron chi connectivity index (χ2n) is 6.12. The molecule has 3 aliphatic heterocycles. The SMILES string of the molecule is N=C1SC(=Cc2cc3c(cc2[N+](=O)[O-])OCO3)C(=O)N1c1ccc2c(c1)OCO2. The first-order chi connectivity index (χ1) is 14.0. The number of fused-ring (bicyclic) bond motifs is 2. The van der Waals surface area contributed by atoms with Crippen molar-refractivity contribution < 1.29 is 28.7 Å². The zero-order valence-electron chi connectivity index (χ0n) is 14.5. The van der Waals surface area contributed by atoms with Crippen LogP contribution in [0.3, 0.4) is 0 Å². The number of carbonyl (C=O) groups is 1. The number of rotatable bonds is 3. The Kier molecular flexibility index (Phi) is 3.84. The van der Waals surface area contributed by atoms with Crippen LogP contribution in [0.2, 0.25) is 0 Å². The minimum atomic E-state index is -0.556. The number of benzene rings is 2. The molecule has 1 saturated heterocycles. The van der Waals surface area contributed by atoms with Gasteiger partial charge in [0.15, 0.2) is 28.2 Å². The highest BCUT2D eigenvalue weighted by Crippen LogP contribution is 2.43. The minimum absolute atomic E-state index is 0.0245. The van der Waals surface area contributed by atoms with Gasteiger partial charge in [0.25, 0.3) is 11.6 Å². The van der Waals surface area contributed by atoms with Crippen molar-refractivity contribution in [2.45, 2.75) is 0 Å². The van der Waals surface area contributed by atoms with Gasteiger partial charge in [-0.2, -0.15) is 0 Å². The Morgan fingerprint density at radius 1 is 1.03 bits per heavy atom. The van der Waals surface area contributed by atoms with Crippen molar-refractivity contribution in [1.29, 1.82) is 5.41 Å². The van der Waals surface area contributed by atoms with Gasteiger partial charge >= 0.3 is 0 Å². The molecule has 1 fully saturated rings. The Bertz CT molecular complexity index is 1130. The molecule has 3 heterocycles. The topological polar surface area (TPSA) is 124 Å².